The molecule has 3 rings (SSSR count). The zero-order valence-corrected chi connectivity index (χ0v) is 27.7. The summed E-state index contributed by atoms with van der Waals surface area (Å²) in [5.74, 6) is 1.39. The molecule has 228 valence electrons. The third-order valence-electron chi connectivity index (χ3n) is 6.24. The summed E-state index contributed by atoms with van der Waals surface area (Å²) in [5.41, 5.74) is 1.02. The molecule has 0 aliphatic heterocycles. The lowest BCUT2D eigenvalue weighted by atomic mass is 10.2. The number of hydrogen-bond donors (Lipinski definition) is 0. The number of methoxy groups -OCH3 is 2. The lowest BCUT2D eigenvalue weighted by molar-refractivity contribution is 0.0986. The van der Waals surface area contributed by atoms with Crippen molar-refractivity contribution in [3.8, 4) is 11.5 Å². The fraction of sp³-hybridized carbons (Fsp3) is 0.517. The van der Waals surface area contributed by atoms with Gasteiger partial charge < -0.3 is 14.4 Å². The van der Waals surface area contributed by atoms with Gasteiger partial charge in [0.15, 0.2) is 5.13 Å². The van der Waals surface area contributed by atoms with Crippen molar-refractivity contribution in [3.63, 3.8) is 0 Å². The van der Waals surface area contributed by atoms with Gasteiger partial charge in [-0.25, -0.2) is 13.4 Å². The van der Waals surface area contributed by atoms with Crippen LogP contribution in [0.3, 0.4) is 0 Å². The van der Waals surface area contributed by atoms with Crippen LogP contribution in [0.15, 0.2) is 41.3 Å². The normalized spacial score (nSPS) is 11.9. The lowest BCUT2D eigenvalue weighted by Gasteiger charge is -2.26. The van der Waals surface area contributed by atoms with Gasteiger partial charge in [-0.2, -0.15) is 4.31 Å². The Hall–Kier alpha value is -2.44. The molecule has 1 amide bonds. The van der Waals surface area contributed by atoms with Gasteiger partial charge in [-0.3, -0.25) is 9.69 Å². The van der Waals surface area contributed by atoms with E-state index < -0.39 is 10.0 Å². The number of carbonyl (C=O) groups is 1. The van der Waals surface area contributed by atoms with Crippen molar-refractivity contribution in [1.29, 1.82) is 0 Å². The van der Waals surface area contributed by atoms with Gasteiger partial charge in [0.25, 0.3) is 5.91 Å². The molecule has 1 heterocycles. The molecule has 0 aliphatic carbocycles. The van der Waals surface area contributed by atoms with Gasteiger partial charge in [0.2, 0.25) is 10.0 Å². The van der Waals surface area contributed by atoms with Crippen LogP contribution in [0.2, 0.25) is 0 Å². The van der Waals surface area contributed by atoms with Crippen LogP contribution in [-0.4, -0.2) is 83.0 Å². The smallest absolute Gasteiger partial charge is 0.260 e. The maximum atomic E-state index is 13.8. The topological polar surface area (TPSA) is 92.3 Å². The molecule has 3 aromatic rings. The molecule has 0 aliphatic rings. The van der Waals surface area contributed by atoms with E-state index >= 15 is 0 Å². The fourth-order valence-corrected chi connectivity index (χ4v) is 7.24. The molecule has 41 heavy (non-hydrogen) atoms. The Bertz CT molecular complexity index is 1340. The van der Waals surface area contributed by atoms with E-state index in [2.05, 4.69) is 4.90 Å². The number of hydrogen-bond acceptors (Lipinski definition) is 8. The summed E-state index contributed by atoms with van der Waals surface area (Å²) in [6.45, 7) is 10.1. The van der Waals surface area contributed by atoms with Crippen LogP contribution >= 0.6 is 23.7 Å². The van der Waals surface area contributed by atoms with Gasteiger partial charge in [0.1, 0.15) is 21.7 Å². The minimum Gasteiger partial charge on any atom is -0.495 e. The number of fused-ring (bicyclic) bond motifs is 1. The summed E-state index contributed by atoms with van der Waals surface area (Å²) >= 11 is 1.36. The van der Waals surface area contributed by atoms with E-state index in [-0.39, 0.29) is 35.0 Å². The minimum absolute atomic E-state index is 0. The number of thiazole rings is 1. The molecule has 12 heteroatoms. The van der Waals surface area contributed by atoms with Crippen LogP contribution in [0.25, 0.3) is 10.2 Å². The predicted octanol–water partition coefficient (Wildman–Crippen LogP) is 5.64. The van der Waals surface area contributed by atoms with Crippen molar-refractivity contribution in [1.82, 2.24) is 14.2 Å². The van der Waals surface area contributed by atoms with E-state index in [4.69, 9.17) is 14.5 Å². The number of sulfonamides is 1. The summed E-state index contributed by atoms with van der Waals surface area (Å²) in [4.78, 5) is 22.5. The lowest BCUT2D eigenvalue weighted by Crippen LogP contribution is -2.37. The van der Waals surface area contributed by atoms with Gasteiger partial charge in [-0.05, 0) is 75.3 Å². The molecule has 0 atom stereocenters. The van der Waals surface area contributed by atoms with Gasteiger partial charge in [-0.15, -0.1) is 12.4 Å². The van der Waals surface area contributed by atoms with E-state index in [0.29, 0.717) is 47.3 Å². The van der Waals surface area contributed by atoms with Gasteiger partial charge in [-0.1, -0.05) is 39.0 Å². The molecule has 0 bridgehead atoms. The largest absolute Gasteiger partial charge is 0.495 e. The number of amides is 1. The Morgan fingerprint density at radius 1 is 0.902 bits per heavy atom. The molecule has 1 aromatic heterocycles. The number of benzene rings is 2. The summed E-state index contributed by atoms with van der Waals surface area (Å²) in [5, 5.41) is 0.526. The zero-order chi connectivity index (χ0) is 29.6. The highest BCUT2D eigenvalue weighted by molar-refractivity contribution is 7.89. The van der Waals surface area contributed by atoms with Crippen LogP contribution < -0.4 is 14.4 Å². The quantitative estimate of drug-likeness (QED) is 0.229. The van der Waals surface area contributed by atoms with Crippen molar-refractivity contribution in [3.05, 3.63) is 42.0 Å². The number of ether oxygens (including phenoxy) is 2. The highest BCUT2D eigenvalue weighted by Crippen LogP contribution is 2.40. The van der Waals surface area contributed by atoms with E-state index in [0.717, 1.165) is 17.7 Å². The van der Waals surface area contributed by atoms with Crippen LogP contribution in [0.4, 0.5) is 5.13 Å². The van der Waals surface area contributed by atoms with Crippen LogP contribution in [0, 0.1) is 11.8 Å². The number of aromatic nitrogens is 1. The Morgan fingerprint density at radius 3 is 1.98 bits per heavy atom. The second-order valence-electron chi connectivity index (χ2n) is 10.9. The molecule has 0 fully saturated rings. The predicted molar refractivity (Wildman–Crippen MR) is 170 cm³/mol. The Morgan fingerprint density at radius 2 is 1.46 bits per heavy atom. The average molecular weight is 627 g/mol. The van der Waals surface area contributed by atoms with Gasteiger partial charge in [0.05, 0.1) is 19.1 Å². The molecule has 2 aromatic carbocycles. The first-order valence-corrected chi connectivity index (χ1v) is 15.7. The Kier molecular flexibility index (Phi) is 12.8. The molecule has 0 radical (unpaired) electrons. The highest BCUT2D eigenvalue weighted by atomic mass is 35.5. The molecule has 0 spiro atoms. The van der Waals surface area contributed by atoms with Crippen LogP contribution in [-0.2, 0) is 10.0 Å². The van der Waals surface area contributed by atoms with Crippen molar-refractivity contribution < 1.29 is 22.7 Å². The summed E-state index contributed by atoms with van der Waals surface area (Å²) in [6.07, 6.45) is 0.731. The summed E-state index contributed by atoms with van der Waals surface area (Å²) in [6, 6.07) is 9.85. The SMILES string of the molecule is COc1ccc(OC)c2sc(N(CCCN(C)C)C(=O)c3ccc(S(=O)(=O)N(CC(C)C)CC(C)C)cc3)nc12.Cl. The van der Waals surface area contributed by atoms with Crippen molar-refractivity contribution in [2.45, 2.75) is 39.0 Å². The number of rotatable bonds is 14. The number of halogens is 1. The number of anilines is 1. The van der Waals surface area contributed by atoms with E-state index in [1.807, 2.05) is 47.9 Å². The Balaban J connectivity index is 0.00000588. The van der Waals surface area contributed by atoms with Crippen molar-refractivity contribution >= 4 is 55.0 Å². The number of carbonyl (C=O) groups excluding carboxylic acids is 1. The van der Waals surface area contributed by atoms with E-state index in [9.17, 15) is 13.2 Å². The highest BCUT2D eigenvalue weighted by Gasteiger charge is 2.28. The maximum absolute atomic E-state index is 13.8. The molecular formula is C29H43ClN4O5S2. The Labute approximate surface area is 254 Å². The first kappa shape index (κ1) is 34.8. The first-order valence-electron chi connectivity index (χ1n) is 13.5. The number of nitrogens with zero attached hydrogens (tertiary/aromatic N) is 4. The standard InChI is InChI=1S/C29H42N4O5S2.ClH/c1-20(2)18-32(19-21(3)4)40(35,36)23-12-10-22(11-13-23)28(34)33(17-9-16-31(5)6)29-30-26-24(37-7)14-15-25(38-8)27(26)39-29;/h10-15,20-21H,9,16-19H2,1-8H3;1H. The van der Waals surface area contributed by atoms with E-state index in [1.165, 1.54) is 27.8 Å². The van der Waals surface area contributed by atoms with Gasteiger partial charge >= 0.3 is 0 Å². The van der Waals surface area contributed by atoms with Crippen LogP contribution in [0.5, 0.6) is 11.5 Å². The molecule has 0 unspecified atom stereocenters. The third-order valence-corrected chi connectivity index (χ3v) is 9.18. The molecule has 0 N–H and O–H groups in total. The minimum atomic E-state index is -3.70. The van der Waals surface area contributed by atoms with Crippen LogP contribution in [0.1, 0.15) is 44.5 Å². The van der Waals surface area contributed by atoms with Crippen molar-refractivity contribution in [2.24, 2.45) is 11.8 Å². The summed E-state index contributed by atoms with van der Waals surface area (Å²) < 4.78 is 40.3. The maximum Gasteiger partial charge on any atom is 0.260 e. The van der Waals surface area contributed by atoms with Gasteiger partial charge in [0, 0.05) is 25.2 Å². The van der Waals surface area contributed by atoms with Crippen molar-refractivity contribution in [2.75, 3.05) is 59.4 Å². The monoisotopic (exact) mass is 626 g/mol. The first-order chi connectivity index (χ1) is 18.9. The molecule has 0 saturated carbocycles. The summed E-state index contributed by atoms with van der Waals surface area (Å²) in [7, 11) is 3.46. The van der Waals surface area contributed by atoms with E-state index in [1.54, 1.807) is 37.3 Å². The molecule has 0 saturated heterocycles. The zero-order valence-electron chi connectivity index (χ0n) is 25.2. The molecule has 9 nitrogen and oxygen atoms in total. The second kappa shape index (κ2) is 15.2. The molecular weight excluding hydrogens is 584 g/mol. The fourth-order valence-electron chi connectivity index (χ4n) is 4.38. The average Bonchev–Trinajstić information content (AvgIpc) is 3.34. The third kappa shape index (κ3) is 8.54. The second-order valence-corrected chi connectivity index (χ2v) is 13.8.